The molecule has 162 valence electrons. The lowest BCUT2D eigenvalue weighted by Crippen LogP contribution is -2.53. The third-order valence-corrected chi connectivity index (χ3v) is 7.10. The summed E-state index contributed by atoms with van der Waals surface area (Å²) in [6.07, 6.45) is -0.390. The van der Waals surface area contributed by atoms with Crippen LogP contribution in [0.2, 0.25) is 0 Å². The third kappa shape index (κ3) is 4.73. The minimum atomic E-state index is -3.81. The number of fused-ring (bicyclic) bond motifs is 1. The molecule has 1 heterocycles. The van der Waals surface area contributed by atoms with Crippen LogP contribution >= 0.6 is 0 Å². The van der Waals surface area contributed by atoms with Gasteiger partial charge in [-0.1, -0.05) is 37.3 Å². The molecule has 2 aromatic rings. The molecular weight excluding hydrogens is 406 g/mol. The standard InChI is InChI=1S/C21H27N3O5S/c1-3-24(16-20(25)22-11-13-23(14-12-22)21(26)29-4-2)30(27,28)19-10-9-17-7-5-6-8-18(17)15-19/h5-10,15H,3-4,11-14,16H2,1-2H3. The Kier molecular flexibility index (Phi) is 6.94. The fourth-order valence-electron chi connectivity index (χ4n) is 3.45. The summed E-state index contributed by atoms with van der Waals surface area (Å²) in [4.78, 5) is 27.9. The zero-order valence-corrected chi connectivity index (χ0v) is 18.1. The van der Waals surface area contributed by atoms with Crippen LogP contribution in [0.25, 0.3) is 10.8 Å². The Balaban J connectivity index is 1.68. The van der Waals surface area contributed by atoms with Gasteiger partial charge in [-0.15, -0.1) is 0 Å². The van der Waals surface area contributed by atoms with E-state index < -0.39 is 16.1 Å². The topological polar surface area (TPSA) is 87.2 Å². The molecule has 0 atom stereocenters. The third-order valence-electron chi connectivity index (χ3n) is 5.18. The maximum Gasteiger partial charge on any atom is 0.409 e. The Hall–Kier alpha value is -2.65. The summed E-state index contributed by atoms with van der Waals surface area (Å²) in [6, 6.07) is 12.5. The van der Waals surface area contributed by atoms with E-state index >= 15 is 0 Å². The van der Waals surface area contributed by atoms with Crippen molar-refractivity contribution < 1.29 is 22.7 Å². The van der Waals surface area contributed by atoms with Gasteiger partial charge in [0, 0.05) is 32.7 Å². The number of ether oxygens (including phenoxy) is 1. The van der Waals surface area contributed by atoms with Gasteiger partial charge >= 0.3 is 6.09 Å². The van der Waals surface area contributed by atoms with Crippen molar-refractivity contribution in [1.29, 1.82) is 0 Å². The number of rotatable bonds is 6. The van der Waals surface area contributed by atoms with Gasteiger partial charge in [0.15, 0.2) is 0 Å². The van der Waals surface area contributed by atoms with Crippen LogP contribution in [0.1, 0.15) is 13.8 Å². The first-order valence-electron chi connectivity index (χ1n) is 10.0. The highest BCUT2D eigenvalue weighted by Crippen LogP contribution is 2.22. The second-order valence-corrected chi connectivity index (χ2v) is 8.94. The van der Waals surface area contributed by atoms with Crippen molar-refractivity contribution in [2.24, 2.45) is 0 Å². The van der Waals surface area contributed by atoms with Crippen LogP contribution in [0.5, 0.6) is 0 Å². The number of piperazine rings is 1. The minimum Gasteiger partial charge on any atom is -0.450 e. The van der Waals surface area contributed by atoms with Gasteiger partial charge in [-0.05, 0) is 29.8 Å². The molecule has 0 radical (unpaired) electrons. The quantitative estimate of drug-likeness (QED) is 0.697. The highest BCUT2D eigenvalue weighted by atomic mass is 32.2. The van der Waals surface area contributed by atoms with Crippen LogP contribution in [-0.2, 0) is 19.6 Å². The largest absolute Gasteiger partial charge is 0.450 e. The molecule has 0 bridgehead atoms. The predicted molar refractivity (Wildman–Crippen MR) is 114 cm³/mol. The first kappa shape index (κ1) is 22.0. The van der Waals surface area contributed by atoms with Crippen molar-refractivity contribution in [2.75, 3.05) is 45.9 Å². The minimum absolute atomic E-state index is 0.169. The maximum atomic E-state index is 13.1. The second kappa shape index (κ2) is 9.44. The molecule has 3 rings (SSSR count). The molecular formula is C21H27N3O5S. The Labute approximate surface area is 177 Å². The average Bonchev–Trinajstić information content (AvgIpc) is 2.77. The van der Waals surface area contributed by atoms with Gasteiger partial charge in [-0.25, -0.2) is 13.2 Å². The van der Waals surface area contributed by atoms with Crippen molar-refractivity contribution in [3.05, 3.63) is 42.5 Å². The smallest absolute Gasteiger partial charge is 0.409 e. The molecule has 0 unspecified atom stereocenters. The molecule has 0 N–H and O–H groups in total. The number of hydrogen-bond acceptors (Lipinski definition) is 5. The lowest BCUT2D eigenvalue weighted by molar-refractivity contribution is -0.133. The maximum absolute atomic E-state index is 13.1. The van der Waals surface area contributed by atoms with Crippen LogP contribution in [-0.4, -0.2) is 80.4 Å². The molecule has 1 saturated heterocycles. The molecule has 30 heavy (non-hydrogen) atoms. The summed E-state index contributed by atoms with van der Waals surface area (Å²) in [7, 11) is -3.81. The summed E-state index contributed by atoms with van der Waals surface area (Å²) in [5, 5.41) is 1.78. The van der Waals surface area contributed by atoms with Crippen molar-refractivity contribution in [2.45, 2.75) is 18.7 Å². The molecule has 0 aromatic heterocycles. The predicted octanol–water partition coefficient (Wildman–Crippen LogP) is 2.15. The van der Waals surface area contributed by atoms with Gasteiger partial charge in [0.25, 0.3) is 0 Å². The van der Waals surface area contributed by atoms with E-state index in [1.165, 1.54) is 4.31 Å². The summed E-state index contributed by atoms with van der Waals surface area (Å²) >= 11 is 0. The highest BCUT2D eigenvalue weighted by molar-refractivity contribution is 7.89. The van der Waals surface area contributed by atoms with Crippen LogP contribution < -0.4 is 0 Å². The van der Waals surface area contributed by atoms with E-state index in [0.29, 0.717) is 32.8 Å². The van der Waals surface area contributed by atoms with Gasteiger partial charge in [0.05, 0.1) is 18.0 Å². The van der Waals surface area contributed by atoms with Crippen molar-refractivity contribution in [3.8, 4) is 0 Å². The highest BCUT2D eigenvalue weighted by Gasteiger charge is 2.30. The fraction of sp³-hybridized carbons (Fsp3) is 0.429. The monoisotopic (exact) mass is 433 g/mol. The summed E-state index contributed by atoms with van der Waals surface area (Å²) in [5.74, 6) is -0.273. The Bertz CT molecular complexity index is 1020. The second-order valence-electron chi connectivity index (χ2n) is 7.01. The van der Waals surface area contributed by atoms with E-state index in [4.69, 9.17) is 4.74 Å². The lowest BCUT2D eigenvalue weighted by Gasteiger charge is -2.35. The summed E-state index contributed by atoms with van der Waals surface area (Å²) < 4.78 is 32.4. The molecule has 8 nitrogen and oxygen atoms in total. The number of hydrogen-bond donors (Lipinski definition) is 0. The first-order chi connectivity index (χ1) is 14.4. The van der Waals surface area contributed by atoms with Gasteiger partial charge in [-0.3, -0.25) is 4.79 Å². The number of carbonyl (C=O) groups excluding carboxylic acids is 2. The molecule has 2 aromatic carbocycles. The van der Waals surface area contributed by atoms with Crippen molar-refractivity contribution >= 4 is 32.8 Å². The Morgan fingerprint density at radius 2 is 1.60 bits per heavy atom. The van der Waals surface area contributed by atoms with Crippen LogP contribution in [0.4, 0.5) is 4.79 Å². The van der Waals surface area contributed by atoms with Crippen LogP contribution in [0, 0.1) is 0 Å². The molecule has 1 aliphatic rings. The summed E-state index contributed by atoms with van der Waals surface area (Å²) in [6.45, 7) is 5.15. The average molecular weight is 434 g/mol. The van der Waals surface area contributed by atoms with E-state index in [9.17, 15) is 18.0 Å². The van der Waals surface area contributed by atoms with E-state index in [1.807, 2.05) is 24.3 Å². The van der Waals surface area contributed by atoms with Crippen molar-refractivity contribution in [3.63, 3.8) is 0 Å². The van der Waals surface area contributed by atoms with Gasteiger partial charge in [0.1, 0.15) is 0 Å². The molecule has 0 aliphatic carbocycles. The Morgan fingerprint density at radius 3 is 2.23 bits per heavy atom. The molecule has 0 spiro atoms. The van der Waals surface area contributed by atoms with Crippen LogP contribution in [0.15, 0.2) is 47.4 Å². The zero-order chi connectivity index (χ0) is 21.7. The first-order valence-corrected chi connectivity index (χ1v) is 11.5. The molecule has 9 heteroatoms. The van der Waals surface area contributed by atoms with E-state index in [1.54, 1.807) is 41.8 Å². The Morgan fingerprint density at radius 1 is 0.967 bits per heavy atom. The molecule has 2 amide bonds. The number of likely N-dealkylation sites (N-methyl/N-ethyl adjacent to an activating group) is 1. The molecule has 0 saturated carbocycles. The SMILES string of the molecule is CCOC(=O)N1CCN(C(=O)CN(CC)S(=O)(=O)c2ccc3ccccc3c2)CC1. The molecule has 1 aliphatic heterocycles. The van der Waals surface area contributed by atoms with Gasteiger partial charge < -0.3 is 14.5 Å². The number of carbonyl (C=O) groups is 2. The van der Waals surface area contributed by atoms with E-state index in [-0.39, 0.29) is 23.9 Å². The summed E-state index contributed by atoms with van der Waals surface area (Å²) in [5.41, 5.74) is 0. The van der Waals surface area contributed by atoms with E-state index in [0.717, 1.165) is 10.8 Å². The van der Waals surface area contributed by atoms with Gasteiger partial charge in [0.2, 0.25) is 15.9 Å². The molecule has 1 fully saturated rings. The number of sulfonamides is 1. The fourth-order valence-corrected chi connectivity index (χ4v) is 4.88. The van der Waals surface area contributed by atoms with E-state index in [2.05, 4.69) is 0 Å². The zero-order valence-electron chi connectivity index (χ0n) is 17.3. The van der Waals surface area contributed by atoms with Crippen LogP contribution in [0.3, 0.4) is 0 Å². The lowest BCUT2D eigenvalue weighted by atomic mass is 10.1. The number of nitrogens with zero attached hydrogens (tertiary/aromatic N) is 3. The number of benzene rings is 2. The number of amides is 2. The van der Waals surface area contributed by atoms with Gasteiger partial charge in [-0.2, -0.15) is 4.31 Å². The normalized spacial score (nSPS) is 14.9. The van der Waals surface area contributed by atoms with Crippen molar-refractivity contribution in [1.82, 2.24) is 14.1 Å².